The third-order valence-electron chi connectivity index (χ3n) is 4.73. The predicted octanol–water partition coefficient (Wildman–Crippen LogP) is 2.66. The SMILES string of the molecule is CS(=O)(=O)N1CCCC(Cc2cccnc2-c2cccc(C(=O)O)c2)C1. The lowest BCUT2D eigenvalue weighted by Crippen LogP contribution is -2.39. The summed E-state index contributed by atoms with van der Waals surface area (Å²) < 4.78 is 25.2. The first-order chi connectivity index (χ1) is 12.3. The number of benzene rings is 1. The average Bonchev–Trinajstić information content (AvgIpc) is 2.62. The molecule has 6 nitrogen and oxygen atoms in total. The molecule has 1 N–H and O–H groups in total. The standard InChI is InChI=1S/C19H22N2O4S/c1-26(24,25)21-10-4-5-14(13-21)11-15-8-3-9-20-18(15)16-6-2-7-17(12-16)19(22)23/h2-3,6-9,12,14H,4-5,10-11,13H2,1H3,(H,22,23). The highest BCUT2D eigenvalue weighted by Crippen LogP contribution is 2.28. The van der Waals surface area contributed by atoms with Gasteiger partial charge in [0.25, 0.3) is 0 Å². The lowest BCUT2D eigenvalue weighted by atomic mass is 9.90. The van der Waals surface area contributed by atoms with Crippen LogP contribution in [0.4, 0.5) is 0 Å². The Labute approximate surface area is 153 Å². The second-order valence-corrected chi connectivity index (χ2v) is 8.71. The maximum atomic E-state index is 11.8. The monoisotopic (exact) mass is 374 g/mol. The summed E-state index contributed by atoms with van der Waals surface area (Å²) in [5.41, 5.74) is 2.75. The molecule has 1 aliphatic heterocycles. The molecular weight excluding hydrogens is 352 g/mol. The van der Waals surface area contributed by atoms with E-state index >= 15 is 0 Å². The predicted molar refractivity (Wildman–Crippen MR) is 99.5 cm³/mol. The molecule has 1 saturated heterocycles. The van der Waals surface area contributed by atoms with Gasteiger partial charge in [-0.2, -0.15) is 0 Å². The molecule has 1 aliphatic rings. The molecule has 2 heterocycles. The summed E-state index contributed by atoms with van der Waals surface area (Å²) in [6, 6.07) is 10.6. The third kappa shape index (κ3) is 4.28. The van der Waals surface area contributed by atoms with Crippen LogP contribution in [-0.4, -0.2) is 48.1 Å². The molecule has 1 aromatic carbocycles. The van der Waals surface area contributed by atoms with Crippen molar-refractivity contribution in [2.24, 2.45) is 5.92 Å². The van der Waals surface area contributed by atoms with Crippen molar-refractivity contribution in [2.75, 3.05) is 19.3 Å². The van der Waals surface area contributed by atoms with Crippen LogP contribution in [-0.2, 0) is 16.4 Å². The molecule has 0 saturated carbocycles. The number of piperidine rings is 1. The Hall–Kier alpha value is -2.25. The van der Waals surface area contributed by atoms with E-state index in [4.69, 9.17) is 0 Å². The second-order valence-electron chi connectivity index (χ2n) is 6.73. The molecule has 138 valence electrons. The van der Waals surface area contributed by atoms with Gasteiger partial charge >= 0.3 is 5.97 Å². The highest BCUT2D eigenvalue weighted by molar-refractivity contribution is 7.88. The summed E-state index contributed by atoms with van der Waals surface area (Å²) >= 11 is 0. The van der Waals surface area contributed by atoms with Gasteiger partial charge in [-0.05, 0) is 48.9 Å². The number of pyridine rings is 1. The van der Waals surface area contributed by atoms with E-state index in [2.05, 4.69) is 4.98 Å². The zero-order valence-electron chi connectivity index (χ0n) is 14.6. The Balaban J connectivity index is 1.86. The maximum absolute atomic E-state index is 11.8. The highest BCUT2D eigenvalue weighted by Gasteiger charge is 2.26. The molecule has 7 heteroatoms. The van der Waals surface area contributed by atoms with Crippen LogP contribution in [0.2, 0.25) is 0 Å². The third-order valence-corrected chi connectivity index (χ3v) is 6.00. The van der Waals surface area contributed by atoms with E-state index in [1.54, 1.807) is 28.7 Å². The van der Waals surface area contributed by atoms with Crippen molar-refractivity contribution in [1.29, 1.82) is 0 Å². The molecule has 0 bridgehead atoms. The first-order valence-corrected chi connectivity index (χ1v) is 10.4. The summed E-state index contributed by atoms with van der Waals surface area (Å²) in [6.45, 7) is 1.10. The van der Waals surface area contributed by atoms with Crippen molar-refractivity contribution in [3.8, 4) is 11.3 Å². The molecule has 1 fully saturated rings. The van der Waals surface area contributed by atoms with Gasteiger partial charge < -0.3 is 5.11 Å². The highest BCUT2D eigenvalue weighted by atomic mass is 32.2. The number of hydrogen-bond donors (Lipinski definition) is 1. The van der Waals surface area contributed by atoms with Crippen LogP contribution in [0.1, 0.15) is 28.8 Å². The fourth-order valence-corrected chi connectivity index (χ4v) is 4.41. The second kappa shape index (κ2) is 7.55. The van der Waals surface area contributed by atoms with Crippen molar-refractivity contribution < 1.29 is 18.3 Å². The van der Waals surface area contributed by atoms with E-state index in [-0.39, 0.29) is 11.5 Å². The minimum atomic E-state index is -3.18. The molecule has 2 aromatic rings. The van der Waals surface area contributed by atoms with Crippen LogP contribution in [0.5, 0.6) is 0 Å². The van der Waals surface area contributed by atoms with Gasteiger partial charge in [0, 0.05) is 24.8 Å². The lowest BCUT2D eigenvalue weighted by Gasteiger charge is -2.31. The molecule has 3 rings (SSSR count). The van der Waals surface area contributed by atoms with Crippen LogP contribution >= 0.6 is 0 Å². The largest absolute Gasteiger partial charge is 0.478 e. The van der Waals surface area contributed by atoms with E-state index in [9.17, 15) is 18.3 Å². The number of aromatic carboxylic acids is 1. The number of sulfonamides is 1. The van der Waals surface area contributed by atoms with Crippen LogP contribution in [0, 0.1) is 5.92 Å². The van der Waals surface area contributed by atoms with Crippen molar-refractivity contribution >= 4 is 16.0 Å². The van der Waals surface area contributed by atoms with Gasteiger partial charge in [0.1, 0.15) is 0 Å². The number of carboxylic acid groups (broad SMARTS) is 1. The summed E-state index contributed by atoms with van der Waals surface area (Å²) in [4.78, 5) is 15.7. The Bertz CT molecular complexity index is 911. The number of nitrogens with zero attached hydrogens (tertiary/aromatic N) is 2. The summed E-state index contributed by atoms with van der Waals surface area (Å²) in [7, 11) is -3.18. The number of carbonyl (C=O) groups is 1. The fourth-order valence-electron chi connectivity index (χ4n) is 3.47. The van der Waals surface area contributed by atoms with Crippen molar-refractivity contribution in [3.05, 3.63) is 53.7 Å². The first kappa shape index (κ1) is 18.5. The quantitative estimate of drug-likeness (QED) is 0.869. The van der Waals surface area contributed by atoms with Crippen LogP contribution in [0.3, 0.4) is 0 Å². The fraction of sp³-hybridized carbons (Fsp3) is 0.368. The van der Waals surface area contributed by atoms with Gasteiger partial charge in [0.15, 0.2) is 0 Å². The molecule has 1 aromatic heterocycles. The van der Waals surface area contributed by atoms with Crippen molar-refractivity contribution in [2.45, 2.75) is 19.3 Å². The lowest BCUT2D eigenvalue weighted by molar-refractivity contribution is 0.0697. The number of rotatable bonds is 5. The van der Waals surface area contributed by atoms with Gasteiger partial charge in [-0.25, -0.2) is 17.5 Å². The van der Waals surface area contributed by atoms with Crippen molar-refractivity contribution in [3.63, 3.8) is 0 Å². The molecule has 0 amide bonds. The Morgan fingerprint density at radius 3 is 2.85 bits per heavy atom. The molecule has 1 atom stereocenters. The number of aromatic nitrogens is 1. The van der Waals surface area contributed by atoms with E-state index in [0.29, 0.717) is 19.5 Å². The topological polar surface area (TPSA) is 87.6 Å². The smallest absolute Gasteiger partial charge is 0.335 e. The number of hydrogen-bond acceptors (Lipinski definition) is 4. The Morgan fingerprint density at radius 1 is 1.31 bits per heavy atom. The summed E-state index contributed by atoms with van der Waals surface area (Å²) in [6.07, 6.45) is 5.47. The van der Waals surface area contributed by atoms with E-state index in [0.717, 1.165) is 29.7 Å². The number of carboxylic acids is 1. The molecule has 1 unspecified atom stereocenters. The normalized spacial score (nSPS) is 18.6. The zero-order chi connectivity index (χ0) is 18.7. The van der Waals surface area contributed by atoms with E-state index < -0.39 is 16.0 Å². The van der Waals surface area contributed by atoms with Crippen molar-refractivity contribution in [1.82, 2.24) is 9.29 Å². The minimum Gasteiger partial charge on any atom is -0.478 e. The van der Waals surface area contributed by atoms with Gasteiger partial charge in [0.2, 0.25) is 10.0 Å². The van der Waals surface area contributed by atoms with Gasteiger partial charge in [-0.3, -0.25) is 4.98 Å². The summed E-state index contributed by atoms with van der Waals surface area (Å²) in [5.74, 6) is -0.746. The molecule has 0 radical (unpaired) electrons. The van der Waals surface area contributed by atoms with E-state index in [1.165, 1.54) is 6.26 Å². The summed E-state index contributed by atoms with van der Waals surface area (Å²) in [5, 5.41) is 9.21. The molecule has 0 aliphatic carbocycles. The van der Waals surface area contributed by atoms with Crippen LogP contribution in [0.15, 0.2) is 42.6 Å². The van der Waals surface area contributed by atoms with Gasteiger partial charge in [-0.15, -0.1) is 0 Å². The maximum Gasteiger partial charge on any atom is 0.335 e. The van der Waals surface area contributed by atoms with Crippen LogP contribution in [0.25, 0.3) is 11.3 Å². The Kier molecular flexibility index (Phi) is 5.38. The van der Waals surface area contributed by atoms with Crippen LogP contribution < -0.4 is 0 Å². The van der Waals surface area contributed by atoms with Gasteiger partial charge in [0.05, 0.1) is 17.5 Å². The minimum absolute atomic E-state index is 0.222. The van der Waals surface area contributed by atoms with Gasteiger partial charge in [-0.1, -0.05) is 18.2 Å². The van der Waals surface area contributed by atoms with E-state index in [1.807, 2.05) is 18.2 Å². The molecule has 26 heavy (non-hydrogen) atoms. The average molecular weight is 374 g/mol. The first-order valence-electron chi connectivity index (χ1n) is 8.57. The Morgan fingerprint density at radius 2 is 2.12 bits per heavy atom. The molecular formula is C19H22N2O4S. The molecule has 0 spiro atoms. The zero-order valence-corrected chi connectivity index (χ0v) is 15.4.